The zero-order valence-corrected chi connectivity index (χ0v) is 19.2. The molecule has 0 atom stereocenters. The fourth-order valence-electron chi connectivity index (χ4n) is 3.51. The molecule has 1 saturated heterocycles. The monoisotopic (exact) mass is 469 g/mol. The lowest BCUT2D eigenvalue weighted by Gasteiger charge is -2.34. The predicted molar refractivity (Wildman–Crippen MR) is 128 cm³/mol. The SMILES string of the molecule is C=Cc1ccccc1-c1csc(NC(=O)c2ccc(N3CCN(S(C)(=O)=O)CC3)cn2)n1. The summed E-state index contributed by atoms with van der Waals surface area (Å²) in [6.07, 6.45) is 4.64. The maximum Gasteiger partial charge on any atom is 0.276 e. The van der Waals surface area contributed by atoms with Crippen molar-refractivity contribution in [3.63, 3.8) is 0 Å². The van der Waals surface area contributed by atoms with Crippen LogP contribution in [0.15, 0.2) is 54.6 Å². The van der Waals surface area contributed by atoms with Gasteiger partial charge in [-0.2, -0.15) is 4.31 Å². The summed E-state index contributed by atoms with van der Waals surface area (Å²) in [5, 5.41) is 5.19. The molecule has 1 aliphatic heterocycles. The van der Waals surface area contributed by atoms with Crippen molar-refractivity contribution in [3.8, 4) is 11.3 Å². The summed E-state index contributed by atoms with van der Waals surface area (Å²) in [5.74, 6) is -0.337. The number of carbonyl (C=O) groups excluding carboxylic acids is 1. The van der Waals surface area contributed by atoms with Crippen molar-refractivity contribution in [1.29, 1.82) is 0 Å². The Balaban J connectivity index is 1.40. The van der Waals surface area contributed by atoms with Gasteiger partial charge < -0.3 is 4.90 Å². The minimum absolute atomic E-state index is 0.284. The van der Waals surface area contributed by atoms with Gasteiger partial charge in [-0.15, -0.1) is 11.3 Å². The number of sulfonamides is 1. The number of pyridine rings is 1. The molecule has 0 unspecified atom stereocenters. The molecule has 10 heteroatoms. The van der Waals surface area contributed by atoms with Gasteiger partial charge >= 0.3 is 0 Å². The Morgan fingerprint density at radius 2 is 1.91 bits per heavy atom. The van der Waals surface area contributed by atoms with E-state index in [4.69, 9.17) is 0 Å². The van der Waals surface area contributed by atoms with Gasteiger partial charge in [-0.05, 0) is 17.7 Å². The average molecular weight is 470 g/mol. The quantitative estimate of drug-likeness (QED) is 0.596. The summed E-state index contributed by atoms with van der Waals surface area (Å²) < 4.78 is 24.8. The number of anilines is 2. The van der Waals surface area contributed by atoms with E-state index in [-0.39, 0.29) is 11.6 Å². The van der Waals surface area contributed by atoms with Gasteiger partial charge in [-0.3, -0.25) is 10.1 Å². The van der Waals surface area contributed by atoms with Crippen LogP contribution < -0.4 is 10.2 Å². The van der Waals surface area contributed by atoms with Crippen LogP contribution in [0.1, 0.15) is 16.1 Å². The van der Waals surface area contributed by atoms with Crippen LogP contribution in [0.25, 0.3) is 17.3 Å². The highest BCUT2D eigenvalue weighted by Gasteiger charge is 2.23. The zero-order valence-electron chi connectivity index (χ0n) is 17.6. The van der Waals surface area contributed by atoms with Gasteiger partial charge in [-0.1, -0.05) is 36.9 Å². The van der Waals surface area contributed by atoms with Crippen molar-refractivity contribution < 1.29 is 13.2 Å². The summed E-state index contributed by atoms with van der Waals surface area (Å²) in [6.45, 7) is 5.85. The highest BCUT2D eigenvalue weighted by Crippen LogP contribution is 2.28. The van der Waals surface area contributed by atoms with Crippen LogP contribution in [0.4, 0.5) is 10.8 Å². The van der Waals surface area contributed by atoms with E-state index in [9.17, 15) is 13.2 Å². The second-order valence-electron chi connectivity index (χ2n) is 7.33. The third-order valence-corrected chi connectivity index (χ3v) is 7.30. The van der Waals surface area contributed by atoms with Gasteiger partial charge in [-0.25, -0.2) is 18.4 Å². The lowest BCUT2D eigenvalue weighted by Crippen LogP contribution is -2.48. The molecule has 1 fully saturated rings. The Morgan fingerprint density at radius 3 is 2.56 bits per heavy atom. The fourth-order valence-corrected chi connectivity index (χ4v) is 5.04. The molecule has 8 nitrogen and oxygen atoms in total. The summed E-state index contributed by atoms with van der Waals surface area (Å²) in [4.78, 5) is 23.5. The van der Waals surface area contributed by atoms with Crippen molar-refractivity contribution in [2.45, 2.75) is 0 Å². The first-order valence-electron chi connectivity index (χ1n) is 10.00. The Labute approximate surface area is 191 Å². The number of amides is 1. The molecule has 0 bridgehead atoms. The summed E-state index contributed by atoms with van der Waals surface area (Å²) in [5.41, 5.74) is 3.85. The Kier molecular flexibility index (Phi) is 6.35. The second kappa shape index (κ2) is 9.19. The number of thiazole rings is 1. The van der Waals surface area contributed by atoms with E-state index in [1.807, 2.05) is 35.7 Å². The molecular weight excluding hydrogens is 446 g/mol. The van der Waals surface area contributed by atoms with E-state index in [1.54, 1.807) is 18.3 Å². The van der Waals surface area contributed by atoms with Crippen LogP contribution in [-0.2, 0) is 10.0 Å². The minimum atomic E-state index is -3.17. The number of carbonyl (C=O) groups is 1. The van der Waals surface area contributed by atoms with Gasteiger partial charge in [0.05, 0.1) is 23.8 Å². The van der Waals surface area contributed by atoms with Crippen LogP contribution >= 0.6 is 11.3 Å². The summed E-state index contributed by atoms with van der Waals surface area (Å²) in [6, 6.07) is 11.3. The molecule has 1 amide bonds. The van der Waals surface area contributed by atoms with Crippen molar-refractivity contribution >= 4 is 44.2 Å². The largest absolute Gasteiger partial charge is 0.368 e. The molecule has 1 N–H and O–H groups in total. The number of aromatic nitrogens is 2. The molecule has 3 heterocycles. The van der Waals surface area contributed by atoms with Gasteiger partial charge in [0.1, 0.15) is 5.69 Å². The predicted octanol–water partition coefficient (Wildman–Crippen LogP) is 3.18. The highest BCUT2D eigenvalue weighted by molar-refractivity contribution is 7.88. The third kappa shape index (κ3) is 4.87. The number of benzene rings is 1. The zero-order chi connectivity index (χ0) is 22.7. The normalized spacial score (nSPS) is 14.8. The van der Waals surface area contributed by atoms with E-state index in [0.29, 0.717) is 31.3 Å². The Hall–Kier alpha value is -3.08. The molecule has 1 aromatic carbocycles. The maximum atomic E-state index is 12.6. The molecule has 0 aliphatic carbocycles. The van der Waals surface area contributed by atoms with Gasteiger partial charge in [0, 0.05) is 37.1 Å². The molecule has 166 valence electrons. The molecule has 3 aromatic rings. The van der Waals surface area contributed by atoms with Gasteiger partial charge in [0.15, 0.2) is 5.13 Å². The van der Waals surface area contributed by atoms with E-state index in [0.717, 1.165) is 22.5 Å². The lowest BCUT2D eigenvalue weighted by atomic mass is 10.1. The Morgan fingerprint density at radius 1 is 1.16 bits per heavy atom. The first-order valence-corrected chi connectivity index (χ1v) is 12.7. The van der Waals surface area contributed by atoms with E-state index >= 15 is 0 Å². The van der Waals surface area contributed by atoms with Crippen LogP contribution in [0.5, 0.6) is 0 Å². The summed E-state index contributed by atoms with van der Waals surface area (Å²) in [7, 11) is -3.17. The molecule has 2 aromatic heterocycles. The third-order valence-electron chi connectivity index (χ3n) is 5.23. The van der Waals surface area contributed by atoms with E-state index in [1.165, 1.54) is 21.9 Å². The van der Waals surface area contributed by atoms with Gasteiger partial charge in [0.25, 0.3) is 5.91 Å². The number of rotatable bonds is 6. The number of piperazine rings is 1. The first kappa shape index (κ1) is 22.1. The first-order chi connectivity index (χ1) is 15.3. The van der Waals surface area contributed by atoms with Crippen LogP contribution in [0.2, 0.25) is 0 Å². The topological polar surface area (TPSA) is 95.5 Å². The average Bonchev–Trinajstić information content (AvgIpc) is 3.27. The number of hydrogen-bond donors (Lipinski definition) is 1. The van der Waals surface area contributed by atoms with Crippen molar-refractivity contribution in [2.75, 3.05) is 42.7 Å². The second-order valence-corrected chi connectivity index (χ2v) is 10.2. The van der Waals surface area contributed by atoms with E-state index < -0.39 is 10.0 Å². The molecule has 0 radical (unpaired) electrons. The van der Waals surface area contributed by atoms with Crippen LogP contribution in [-0.4, -0.2) is 61.0 Å². The fraction of sp³-hybridized carbons (Fsp3) is 0.227. The van der Waals surface area contributed by atoms with E-state index in [2.05, 4.69) is 26.8 Å². The highest BCUT2D eigenvalue weighted by atomic mass is 32.2. The van der Waals surface area contributed by atoms with Crippen molar-refractivity contribution in [1.82, 2.24) is 14.3 Å². The van der Waals surface area contributed by atoms with Crippen LogP contribution in [0, 0.1) is 0 Å². The standard InChI is InChI=1S/C22H23N5O3S2/c1-3-16-6-4-5-7-18(16)20-15-31-22(24-20)25-21(28)19-9-8-17(14-23-19)26-10-12-27(13-11-26)32(2,29)30/h3-9,14-15H,1,10-13H2,2H3,(H,24,25,28). The Bertz CT molecular complexity index is 1230. The van der Waals surface area contributed by atoms with Crippen molar-refractivity contribution in [3.05, 3.63) is 65.8 Å². The molecule has 32 heavy (non-hydrogen) atoms. The minimum Gasteiger partial charge on any atom is -0.368 e. The molecule has 0 spiro atoms. The van der Waals surface area contributed by atoms with Crippen molar-refractivity contribution in [2.24, 2.45) is 0 Å². The molecule has 1 aliphatic rings. The van der Waals surface area contributed by atoms with Gasteiger partial charge in [0.2, 0.25) is 10.0 Å². The molecule has 4 rings (SSSR count). The van der Waals surface area contributed by atoms with Crippen LogP contribution in [0.3, 0.4) is 0 Å². The number of nitrogens with zero attached hydrogens (tertiary/aromatic N) is 4. The molecule has 0 saturated carbocycles. The summed E-state index contributed by atoms with van der Waals surface area (Å²) >= 11 is 1.35. The molecular formula is C22H23N5O3S2. The smallest absolute Gasteiger partial charge is 0.276 e. The maximum absolute atomic E-state index is 12.6. The number of hydrogen-bond acceptors (Lipinski definition) is 7. The number of nitrogens with one attached hydrogen (secondary N) is 1. The lowest BCUT2D eigenvalue weighted by molar-refractivity contribution is 0.102.